The SMILES string of the molecule is CCNC(=O)C1(NCCC2CCC(c3ccc(F)cc3C(F)(F)F)CC2)CCOCC1. The van der Waals surface area contributed by atoms with E-state index < -0.39 is 23.1 Å². The molecule has 0 aromatic heterocycles. The van der Waals surface area contributed by atoms with Gasteiger partial charge in [-0.25, -0.2) is 4.39 Å². The van der Waals surface area contributed by atoms with E-state index in [9.17, 15) is 22.4 Å². The van der Waals surface area contributed by atoms with Gasteiger partial charge in [-0.15, -0.1) is 0 Å². The number of ether oxygens (including phenoxy) is 1. The summed E-state index contributed by atoms with van der Waals surface area (Å²) in [5.41, 5.74) is -1.23. The maximum Gasteiger partial charge on any atom is 0.416 e. The van der Waals surface area contributed by atoms with Gasteiger partial charge in [0.2, 0.25) is 5.91 Å². The van der Waals surface area contributed by atoms with Crippen LogP contribution in [0.15, 0.2) is 18.2 Å². The molecule has 1 saturated carbocycles. The fraction of sp³-hybridized carbons (Fsp3) is 0.696. The Bertz CT molecular complexity index is 740. The van der Waals surface area contributed by atoms with Crippen molar-refractivity contribution in [3.05, 3.63) is 35.1 Å². The maximum atomic E-state index is 13.4. The van der Waals surface area contributed by atoms with E-state index in [4.69, 9.17) is 4.74 Å². The van der Waals surface area contributed by atoms with Crippen LogP contribution in [0.25, 0.3) is 0 Å². The van der Waals surface area contributed by atoms with Gasteiger partial charge in [0.1, 0.15) is 11.4 Å². The average Bonchev–Trinajstić information content (AvgIpc) is 2.74. The minimum atomic E-state index is -4.55. The first-order chi connectivity index (χ1) is 14.7. The number of hydrogen-bond acceptors (Lipinski definition) is 3. The molecule has 0 atom stereocenters. The van der Waals surface area contributed by atoms with Gasteiger partial charge in [0.15, 0.2) is 0 Å². The number of likely N-dealkylation sites (N-methyl/N-ethyl adjacent to an activating group) is 1. The third kappa shape index (κ3) is 5.98. The second kappa shape index (κ2) is 10.3. The molecule has 31 heavy (non-hydrogen) atoms. The zero-order chi connectivity index (χ0) is 22.5. The highest BCUT2D eigenvalue weighted by molar-refractivity contribution is 5.86. The maximum absolute atomic E-state index is 13.4. The number of nitrogens with one attached hydrogen (secondary N) is 2. The molecule has 3 rings (SSSR count). The molecular weight excluding hydrogens is 412 g/mol. The number of alkyl halides is 3. The van der Waals surface area contributed by atoms with E-state index in [-0.39, 0.29) is 17.4 Å². The van der Waals surface area contributed by atoms with Gasteiger partial charge in [-0.2, -0.15) is 13.2 Å². The van der Waals surface area contributed by atoms with Crippen LogP contribution < -0.4 is 10.6 Å². The fourth-order valence-corrected chi connectivity index (χ4v) is 4.94. The summed E-state index contributed by atoms with van der Waals surface area (Å²) in [7, 11) is 0. The van der Waals surface area contributed by atoms with Crippen molar-refractivity contribution >= 4 is 5.91 Å². The molecule has 2 aliphatic rings. The average molecular weight is 445 g/mol. The van der Waals surface area contributed by atoms with Crippen molar-refractivity contribution in [3.8, 4) is 0 Å². The van der Waals surface area contributed by atoms with Gasteiger partial charge in [-0.3, -0.25) is 4.79 Å². The molecule has 1 aliphatic heterocycles. The Balaban J connectivity index is 1.53. The summed E-state index contributed by atoms with van der Waals surface area (Å²) < 4.78 is 58.8. The Labute approximate surface area is 181 Å². The highest BCUT2D eigenvalue weighted by Gasteiger charge is 2.40. The molecule has 2 N–H and O–H groups in total. The summed E-state index contributed by atoms with van der Waals surface area (Å²) in [6.07, 6.45) is 0.590. The molecule has 8 heteroatoms. The lowest BCUT2D eigenvalue weighted by molar-refractivity contribution is -0.138. The lowest BCUT2D eigenvalue weighted by Gasteiger charge is -2.37. The Morgan fingerprint density at radius 2 is 1.84 bits per heavy atom. The zero-order valence-electron chi connectivity index (χ0n) is 18.0. The number of benzene rings is 1. The molecule has 174 valence electrons. The first-order valence-electron chi connectivity index (χ1n) is 11.2. The quantitative estimate of drug-likeness (QED) is 0.595. The van der Waals surface area contributed by atoms with Crippen molar-refractivity contribution in [2.24, 2.45) is 5.92 Å². The summed E-state index contributed by atoms with van der Waals surface area (Å²) in [4.78, 5) is 12.6. The molecule has 1 aromatic carbocycles. The lowest BCUT2D eigenvalue weighted by atomic mass is 9.76. The van der Waals surface area contributed by atoms with E-state index in [1.165, 1.54) is 6.07 Å². The molecule has 0 spiro atoms. The van der Waals surface area contributed by atoms with Crippen molar-refractivity contribution < 1.29 is 27.1 Å². The molecule has 1 amide bonds. The predicted molar refractivity (Wildman–Crippen MR) is 110 cm³/mol. The van der Waals surface area contributed by atoms with Crippen LogP contribution in [0.1, 0.15) is 68.9 Å². The zero-order valence-corrected chi connectivity index (χ0v) is 18.0. The van der Waals surface area contributed by atoms with E-state index >= 15 is 0 Å². The Morgan fingerprint density at radius 1 is 1.16 bits per heavy atom. The molecule has 1 saturated heterocycles. The number of halogens is 4. The Kier molecular flexibility index (Phi) is 7.97. The summed E-state index contributed by atoms with van der Waals surface area (Å²) in [5, 5.41) is 6.38. The van der Waals surface area contributed by atoms with Gasteiger partial charge in [0.05, 0.1) is 5.56 Å². The van der Waals surface area contributed by atoms with E-state index in [0.717, 1.165) is 25.3 Å². The highest BCUT2D eigenvalue weighted by Crippen LogP contribution is 2.42. The third-order valence-corrected chi connectivity index (χ3v) is 6.74. The molecule has 1 aromatic rings. The molecule has 2 fully saturated rings. The van der Waals surface area contributed by atoms with Crippen LogP contribution in [-0.2, 0) is 15.7 Å². The minimum Gasteiger partial charge on any atom is -0.381 e. The Morgan fingerprint density at radius 3 is 2.45 bits per heavy atom. The van der Waals surface area contributed by atoms with E-state index in [0.29, 0.717) is 64.0 Å². The van der Waals surface area contributed by atoms with Gasteiger partial charge >= 0.3 is 6.18 Å². The summed E-state index contributed by atoms with van der Waals surface area (Å²) in [6, 6.07) is 3.03. The molecular formula is C23H32F4N2O2. The number of rotatable bonds is 7. The minimum absolute atomic E-state index is 0.0120. The van der Waals surface area contributed by atoms with Crippen molar-refractivity contribution in [3.63, 3.8) is 0 Å². The van der Waals surface area contributed by atoms with Gasteiger partial charge in [0.25, 0.3) is 0 Å². The first-order valence-corrected chi connectivity index (χ1v) is 11.2. The molecule has 1 aliphatic carbocycles. The normalized spacial score (nSPS) is 24.0. The van der Waals surface area contributed by atoms with Crippen LogP contribution in [0.4, 0.5) is 17.6 Å². The monoisotopic (exact) mass is 444 g/mol. The smallest absolute Gasteiger partial charge is 0.381 e. The van der Waals surface area contributed by atoms with Crippen LogP contribution in [0.2, 0.25) is 0 Å². The summed E-state index contributed by atoms with van der Waals surface area (Å²) in [6.45, 7) is 4.27. The standard InChI is InChI=1S/C23H32F4N2O2/c1-2-28-21(30)22(10-13-31-14-11-22)29-12-9-16-3-5-17(6-4-16)19-8-7-18(24)15-20(19)23(25,26)27/h7-8,15-17,29H,2-6,9-14H2,1H3,(H,28,30). The summed E-state index contributed by atoms with van der Waals surface area (Å²) in [5.74, 6) is -0.633. The number of carbonyl (C=O) groups excluding carboxylic acids is 1. The van der Waals surface area contributed by atoms with E-state index in [1.54, 1.807) is 0 Å². The van der Waals surface area contributed by atoms with Gasteiger partial charge in [-0.1, -0.05) is 6.07 Å². The predicted octanol–water partition coefficient (Wildman–Crippen LogP) is 4.78. The number of hydrogen-bond donors (Lipinski definition) is 2. The van der Waals surface area contributed by atoms with Crippen molar-refractivity contribution in [1.82, 2.24) is 10.6 Å². The third-order valence-electron chi connectivity index (χ3n) is 6.74. The topological polar surface area (TPSA) is 50.4 Å². The van der Waals surface area contributed by atoms with Crippen molar-refractivity contribution in [2.45, 2.75) is 69.5 Å². The second-order valence-electron chi connectivity index (χ2n) is 8.72. The van der Waals surface area contributed by atoms with Crippen LogP contribution in [0.5, 0.6) is 0 Å². The van der Waals surface area contributed by atoms with E-state index in [1.807, 2.05) is 6.92 Å². The molecule has 0 bridgehead atoms. The van der Waals surface area contributed by atoms with Crippen LogP contribution in [0, 0.1) is 11.7 Å². The lowest BCUT2D eigenvalue weighted by Crippen LogP contribution is -2.60. The highest BCUT2D eigenvalue weighted by atomic mass is 19.4. The second-order valence-corrected chi connectivity index (χ2v) is 8.72. The van der Waals surface area contributed by atoms with Crippen LogP contribution in [-0.4, -0.2) is 37.7 Å². The molecule has 4 nitrogen and oxygen atoms in total. The van der Waals surface area contributed by atoms with Crippen LogP contribution in [0.3, 0.4) is 0 Å². The molecule has 0 radical (unpaired) electrons. The molecule has 1 heterocycles. The fourth-order valence-electron chi connectivity index (χ4n) is 4.94. The number of amides is 1. The number of carbonyl (C=O) groups is 1. The van der Waals surface area contributed by atoms with Gasteiger partial charge < -0.3 is 15.4 Å². The first kappa shape index (κ1) is 24.0. The van der Waals surface area contributed by atoms with E-state index in [2.05, 4.69) is 10.6 Å². The summed E-state index contributed by atoms with van der Waals surface area (Å²) >= 11 is 0. The van der Waals surface area contributed by atoms with Crippen LogP contribution >= 0.6 is 0 Å². The Hall–Kier alpha value is -1.67. The van der Waals surface area contributed by atoms with Crippen molar-refractivity contribution in [1.29, 1.82) is 0 Å². The van der Waals surface area contributed by atoms with Gasteiger partial charge in [-0.05, 0) is 87.9 Å². The molecule has 0 unspecified atom stereocenters. The van der Waals surface area contributed by atoms with Crippen molar-refractivity contribution in [2.75, 3.05) is 26.3 Å². The largest absolute Gasteiger partial charge is 0.416 e. The van der Waals surface area contributed by atoms with Gasteiger partial charge in [0, 0.05) is 19.8 Å².